The fourth-order valence-electron chi connectivity index (χ4n) is 4.82. The first-order valence-electron chi connectivity index (χ1n) is 11.8. The van der Waals surface area contributed by atoms with E-state index in [0.717, 1.165) is 12.8 Å². The molecule has 0 aromatic carbocycles. The smallest absolute Gasteiger partial charge is 0.372 e. The Morgan fingerprint density at radius 1 is 0.969 bits per heavy atom. The third-order valence-corrected chi connectivity index (χ3v) is 8.17. The molecule has 1 aliphatic carbocycles. The summed E-state index contributed by atoms with van der Waals surface area (Å²) in [6.07, 6.45) is 4.07. The molecule has 0 N–H and O–H groups in total. The highest BCUT2D eigenvalue weighted by Gasteiger charge is 2.60. The zero-order chi connectivity index (χ0) is 23.6. The molecule has 2 aliphatic heterocycles. The van der Waals surface area contributed by atoms with Crippen molar-refractivity contribution in [2.24, 2.45) is 5.92 Å². The highest BCUT2D eigenvalue weighted by molar-refractivity contribution is 7.89. The lowest BCUT2D eigenvalue weighted by Gasteiger charge is -2.47. The number of esters is 2. The minimum Gasteiger partial charge on any atom is -0.466 e. The summed E-state index contributed by atoms with van der Waals surface area (Å²) in [5, 5.41) is 0. The highest BCUT2D eigenvalue weighted by atomic mass is 32.2. The van der Waals surface area contributed by atoms with Gasteiger partial charge >= 0.3 is 11.9 Å². The van der Waals surface area contributed by atoms with Crippen LogP contribution in [-0.2, 0) is 33.8 Å². The Hall–Kier alpha value is -1.23. The van der Waals surface area contributed by atoms with E-state index in [2.05, 4.69) is 0 Å². The topological polar surface area (TPSA) is 102 Å². The second-order valence-corrected chi connectivity index (χ2v) is 11.9. The number of hydrogen-bond acceptors (Lipinski definition) is 8. The van der Waals surface area contributed by atoms with Gasteiger partial charge in [0.25, 0.3) is 5.85 Å². The summed E-state index contributed by atoms with van der Waals surface area (Å²) in [5.74, 6) is -2.88. The van der Waals surface area contributed by atoms with Crippen LogP contribution < -0.4 is 0 Å². The van der Waals surface area contributed by atoms with Crippen LogP contribution >= 0.6 is 0 Å². The number of likely N-dealkylation sites (tertiary alicyclic amines) is 1. The summed E-state index contributed by atoms with van der Waals surface area (Å²) in [6.45, 7) is 8.77. The molecular weight excluding hydrogens is 436 g/mol. The number of rotatable bonds is 7. The first-order valence-corrected chi connectivity index (χ1v) is 13.4. The van der Waals surface area contributed by atoms with Crippen molar-refractivity contribution in [3.05, 3.63) is 0 Å². The second kappa shape index (κ2) is 9.95. The molecule has 184 valence electrons. The van der Waals surface area contributed by atoms with Crippen molar-refractivity contribution >= 4 is 22.0 Å². The average Bonchev–Trinajstić information content (AvgIpc) is 3.35. The minimum absolute atomic E-state index is 0.00958. The molecule has 0 spiro atoms. The molecule has 9 nitrogen and oxygen atoms in total. The van der Waals surface area contributed by atoms with Gasteiger partial charge in [-0.05, 0) is 72.6 Å². The average molecular weight is 475 g/mol. The molecule has 3 fully saturated rings. The van der Waals surface area contributed by atoms with E-state index in [4.69, 9.17) is 14.2 Å². The summed E-state index contributed by atoms with van der Waals surface area (Å²) >= 11 is 0. The van der Waals surface area contributed by atoms with Crippen LogP contribution in [0.1, 0.15) is 72.6 Å². The number of sulfonamides is 1. The van der Waals surface area contributed by atoms with Crippen molar-refractivity contribution in [2.75, 3.05) is 32.0 Å². The van der Waals surface area contributed by atoms with Crippen molar-refractivity contribution < 1.29 is 32.2 Å². The molecular formula is C22H38N2O7S. The van der Waals surface area contributed by atoms with Crippen LogP contribution in [0.4, 0.5) is 0 Å². The SMILES string of the molecule is CCOC(=O)[C@H]1CC[C@H](OC(C(=O)OC(C)(C)C)(N2CCCC2)N2CCCS2(=O)=O)CC1. The van der Waals surface area contributed by atoms with Gasteiger partial charge in [0.05, 0.1) is 24.4 Å². The van der Waals surface area contributed by atoms with Gasteiger partial charge < -0.3 is 14.2 Å². The fraction of sp³-hybridized carbons (Fsp3) is 0.909. The largest absolute Gasteiger partial charge is 0.466 e. The number of carbonyl (C=O) groups is 2. The quantitative estimate of drug-likeness (QED) is 0.518. The van der Waals surface area contributed by atoms with Gasteiger partial charge in [-0.2, -0.15) is 0 Å². The van der Waals surface area contributed by atoms with Crippen LogP contribution in [0.25, 0.3) is 0 Å². The number of nitrogens with zero attached hydrogens (tertiary/aromatic N) is 2. The zero-order valence-electron chi connectivity index (χ0n) is 19.8. The van der Waals surface area contributed by atoms with E-state index in [1.54, 1.807) is 27.7 Å². The van der Waals surface area contributed by atoms with E-state index in [-0.39, 0.29) is 30.3 Å². The summed E-state index contributed by atoms with van der Waals surface area (Å²) < 4.78 is 44.8. The Bertz CT molecular complexity index is 781. The van der Waals surface area contributed by atoms with Gasteiger partial charge in [-0.1, -0.05) is 0 Å². The maximum atomic E-state index is 13.7. The van der Waals surface area contributed by atoms with E-state index < -0.39 is 27.4 Å². The molecule has 32 heavy (non-hydrogen) atoms. The van der Waals surface area contributed by atoms with Gasteiger partial charge in [0.15, 0.2) is 0 Å². The van der Waals surface area contributed by atoms with Crippen molar-refractivity contribution in [3.8, 4) is 0 Å². The number of hydrogen-bond donors (Lipinski definition) is 0. The van der Waals surface area contributed by atoms with Crippen LogP contribution in [0, 0.1) is 5.92 Å². The van der Waals surface area contributed by atoms with E-state index >= 15 is 0 Å². The van der Waals surface area contributed by atoms with Gasteiger partial charge in [-0.25, -0.2) is 13.2 Å². The first-order chi connectivity index (χ1) is 15.0. The molecule has 0 bridgehead atoms. The van der Waals surface area contributed by atoms with Crippen molar-refractivity contribution in [2.45, 2.75) is 90.2 Å². The lowest BCUT2D eigenvalue weighted by Crippen LogP contribution is -2.69. The molecule has 10 heteroatoms. The Kier molecular flexibility index (Phi) is 7.89. The second-order valence-electron chi connectivity index (χ2n) is 9.89. The molecule has 0 radical (unpaired) electrons. The van der Waals surface area contributed by atoms with Crippen molar-refractivity contribution in [1.29, 1.82) is 0 Å². The maximum Gasteiger partial charge on any atom is 0.372 e. The third-order valence-electron chi connectivity index (χ3n) is 6.26. The molecule has 3 rings (SSSR count). The molecule has 0 aromatic rings. The normalized spacial score (nSPS) is 28.9. The lowest BCUT2D eigenvalue weighted by atomic mass is 9.87. The highest BCUT2D eigenvalue weighted by Crippen LogP contribution is 2.39. The molecule has 1 atom stereocenters. The summed E-state index contributed by atoms with van der Waals surface area (Å²) in [5.41, 5.74) is -0.795. The van der Waals surface area contributed by atoms with E-state index in [1.807, 2.05) is 4.90 Å². The minimum atomic E-state index is -3.67. The van der Waals surface area contributed by atoms with Crippen LogP contribution in [0.3, 0.4) is 0 Å². The first kappa shape index (κ1) is 25.4. The van der Waals surface area contributed by atoms with Gasteiger partial charge in [-0.15, -0.1) is 4.31 Å². The van der Waals surface area contributed by atoms with E-state index in [9.17, 15) is 18.0 Å². The fourth-order valence-corrected chi connectivity index (χ4v) is 6.56. The number of carbonyl (C=O) groups excluding carboxylic acids is 2. The maximum absolute atomic E-state index is 13.7. The molecule has 0 amide bonds. The van der Waals surface area contributed by atoms with Crippen LogP contribution in [0.2, 0.25) is 0 Å². The molecule has 2 saturated heterocycles. The predicted molar refractivity (Wildman–Crippen MR) is 118 cm³/mol. The van der Waals surface area contributed by atoms with Crippen molar-refractivity contribution in [3.63, 3.8) is 0 Å². The van der Waals surface area contributed by atoms with Gasteiger partial charge in [0, 0.05) is 19.6 Å². The van der Waals surface area contributed by atoms with E-state index in [1.165, 1.54) is 4.31 Å². The molecule has 1 unspecified atom stereocenters. The van der Waals surface area contributed by atoms with Crippen molar-refractivity contribution in [1.82, 2.24) is 9.21 Å². The Morgan fingerprint density at radius 2 is 1.59 bits per heavy atom. The van der Waals surface area contributed by atoms with Crippen LogP contribution in [-0.4, -0.2) is 79.1 Å². The standard InChI is InChI=1S/C22H38N2O7S/c1-5-29-19(25)17-9-11-18(12-10-17)30-22(23-13-6-7-14-23,20(26)31-21(2,3)4)24-15-8-16-32(24,27)28/h17-18H,5-16H2,1-4H3/t17-,18-,22?. The van der Waals surface area contributed by atoms with E-state index in [0.29, 0.717) is 51.8 Å². The molecule has 0 aromatic heterocycles. The lowest BCUT2D eigenvalue weighted by molar-refractivity contribution is -0.259. The molecule has 2 heterocycles. The van der Waals surface area contributed by atoms with Gasteiger partial charge in [-0.3, -0.25) is 9.69 Å². The van der Waals surface area contributed by atoms with Crippen LogP contribution in [0.5, 0.6) is 0 Å². The number of ether oxygens (including phenoxy) is 3. The Labute approximate surface area is 191 Å². The summed E-state index contributed by atoms with van der Waals surface area (Å²) in [7, 11) is -3.67. The molecule has 1 saturated carbocycles. The summed E-state index contributed by atoms with van der Waals surface area (Å²) in [6, 6.07) is 0. The van der Waals surface area contributed by atoms with Crippen LogP contribution in [0.15, 0.2) is 0 Å². The van der Waals surface area contributed by atoms with Gasteiger partial charge in [0.2, 0.25) is 10.0 Å². The van der Waals surface area contributed by atoms with Gasteiger partial charge in [0.1, 0.15) is 5.60 Å². The molecule has 3 aliphatic rings. The third kappa shape index (κ3) is 5.46. The predicted octanol–water partition coefficient (Wildman–Crippen LogP) is 2.25. The monoisotopic (exact) mass is 474 g/mol. The summed E-state index contributed by atoms with van der Waals surface area (Å²) in [4.78, 5) is 27.7. The Balaban J connectivity index is 1.91. The zero-order valence-corrected chi connectivity index (χ0v) is 20.6. The Morgan fingerprint density at radius 3 is 2.09 bits per heavy atom.